The Balaban J connectivity index is 0.000000154. The van der Waals surface area contributed by atoms with Crippen LogP contribution in [-0.4, -0.2) is 136 Å². The fraction of sp³-hybridized carbons (Fsp3) is 0.348. The molecule has 3 saturated heterocycles. The highest BCUT2D eigenvalue weighted by molar-refractivity contribution is 6.01. The highest BCUT2D eigenvalue weighted by Gasteiger charge is 2.33. The molecule has 10 heteroatoms. The fourth-order valence-electron chi connectivity index (χ4n) is 15.4. The molecule has 0 amide bonds. The van der Waals surface area contributed by atoms with Crippen LogP contribution in [0.2, 0.25) is 0 Å². The first-order valence-electron chi connectivity index (χ1n) is 37.7. The SMILES string of the molecule is CC(C)N1CCC(c2cccc(/C(=C(/CCCO)c3ccccc3)c3ccc(O)cc3)c2)CC1.CC(C)N1CCN(c2cccc(/C(=C(/CCCO)c3ccccc3)c3cccc(O)c3)c2)CC1.OCCC/C(=C(\c1ccc(O)cc1)c1cccc(C2CCN(C3CC3)CC2)c1)c1ccccc1. The van der Waals surface area contributed by atoms with Crippen LogP contribution in [0.4, 0.5) is 5.69 Å². The summed E-state index contributed by atoms with van der Waals surface area (Å²) in [4.78, 5) is 10.3. The van der Waals surface area contributed by atoms with Crippen LogP contribution in [0.1, 0.15) is 178 Å². The van der Waals surface area contributed by atoms with Crippen LogP contribution in [0, 0.1) is 0 Å². The summed E-state index contributed by atoms with van der Waals surface area (Å²) in [6.45, 7) is 18.5. The number of anilines is 1. The first-order chi connectivity index (χ1) is 49.9. The van der Waals surface area contributed by atoms with Gasteiger partial charge in [0.1, 0.15) is 17.2 Å². The normalized spacial score (nSPS) is 16.5. The van der Waals surface area contributed by atoms with E-state index in [4.69, 9.17) is 0 Å². The number of likely N-dealkylation sites (tertiary alicyclic amines) is 2. The van der Waals surface area contributed by atoms with Crippen molar-refractivity contribution in [3.63, 3.8) is 0 Å². The Morgan fingerprint density at radius 3 is 1.07 bits per heavy atom. The standard InChI is InChI=1S/C31H35NO2.C31H37NO2.C30H36N2O2/c33-21-5-10-30(24-6-2-1-3-7-24)31(25-11-15-29(34)16-12-25)27-9-4-8-26(22-27)23-17-19-32(20-18-23)28-13-14-28;1-23(2)32-19-17-24(18-20-32)27-10-6-11-28(22-27)31(26-13-15-29(34)16-14-26)30(12-7-21-33)25-8-4-3-5-9-25;1-23(2)31-16-18-32(19-17-31)27-13-6-11-25(21-27)30(26-12-7-14-28(34)22-26)29(15-8-20-33)24-9-4-3-5-10-24/h1-4,6-9,11-12,15-16,22-23,28,33-34H,5,10,13-14,17-21H2;3-6,8-11,13-16,22-24,33-34H,7,12,17-21H2,1-2H3;3-7,9-14,21-23,33-34H,8,15-20H2,1-2H3/b2*31-30-;30-29+. The van der Waals surface area contributed by atoms with Crippen molar-refractivity contribution in [2.45, 2.75) is 135 Å². The predicted molar refractivity (Wildman–Crippen MR) is 424 cm³/mol. The number of nitrogens with zero attached hydrogens (tertiary/aromatic N) is 4. The van der Waals surface area contributed by atoms with Gasteiger partial charge in [0.15, 0.2) is 0 Å². The van der Waals surface area contributed by atoms with Crippen LogP contribution in [0.15, 0.2) is 237 Å². The van der Waals surface area contributed by atoms with E-state index in [0.29, 0.717) is 43.2 Å². The number of phenolic OH excluding ortho intramolecular Hbond substituents is 3. The summed E-state index contributed by atoms with van der Waals surface area (Å²) in [6, 6.07) is 82.9. The number of hydrogen-bond donors (Lipinski definition) is 6. The molecule has 0 unspecified atom stereocenters. The molecular weight excluding hydrogens is 1260 g/mol. The molecule has 0 spiro atoms. The summed E-state index contributed by atoms with van der Waals surface area (Å²) in [6.07, 6.45) is 12.0. The maximum atomic E-state index is 10.3. The zero-order chi connectivity index (χ0) is 71.2. The lowest BCUT2D eigenvalue weighted by Crippen LogP contribution is -2.48. The van der Waals surface area contributed by atoms with Crippen molar-refractivity contribution in [2.24, 2.45) is 0 Å². The lowest BCUT2D eigenvalue weighted by Gasteiger charge is -2.38. The lowest BCUT2D eigenvalue weighted by molar-refractivity contribution is 0.172. The van der Waals surface area contributed by atoms with Crippen molar-refractivity contribution in [1.82, 2.24) is 14.7 Å². The van der Waals surface area contributed by atoms with Gasteiger partial charge < -0.3 is 45.3 Å². The molecule has 0 radical (unpaired) electrons. The van der Waals surface area contributed by atoms with E-state index in [1.807, 2.05) is 54.6 Å². The second-order valence-electron chi connectivity index (χ2n) is 28.6. The number of aromatic hydroxyl groups is 3. The fourth-order valence-corrected chi connectivity index (χ4v) is 15.4. The first-order valence-corrected chi connectivity index (χ1v) is 37.7. The summed E-state index contributed by atoms with van der Waals surface area (Å²) < 4.78 is 0. The lowest BCUT2D eigenvalue weighted by atomic mass is 9.84. The second-order valence-corrected chi connectivity index (χ2v) is 28.6. The third-order valence-electron chi connectivity index (χ3n) is 21.2. The minimum atomic E-state index is 0.143. The Bertz CT molecular complexity index is 3970. The van der Waals surface area contributed by atoms with Gasteiger partial charge in [0.05, 0.1) is 0 Å². The average Bonchev–Trinajstić information content (AvgIpc) is 1.04. The van der Waals surface area contributed by atoms with Gasteiger partial charge in [0, 0.05) is 69.8 Å². The molecular formula is C92H108N4O6. The number of hydrogen-bond acceptors (Lipinski definition) is 10. The minimum absolute atomic E-state index is 0.143. The highest BCUT2D eigenvalue weighted by Crippen LogP contribution is 2.43. The van der Waals surface area contributed by atoms with Gasteiger partial charge in [-0.05, 0) is 286 Å². The molecule has 13 rings (SSSR count). The molecule has 0 bridgehead atoms. The van der Waals surface area contributed by atoms with E-state index < -0.39 is 0 Å². The van der Waals surface area contributed by atoms with Gasteiger partial charge >= 0.3 is 0 Å². The van der Waals surface area contributed by atoms with E-state index in [1.54, 1.807) is 30.3 Å². The largest absolute Gasteiger partial charge is 0.508 e. The van der Waals surface area contributed by atoms with E-state index in [2.05, 4.69) is 199 Å². The molecule has 9 aromatic rings. The number of piperazine rings is 1. The molecule has 0 atom stereocenters. The van der Waals surface area contributed by atoms with Gasteiger partial charge in [-0.1, -0.05) is 188 Å². The highest BCUT2D eigenvalue weighted by atomic mass is 16.3. The van der Waals surface area contributed by atoms with Gasteiger partial charge in [0.2, 0.25) is 0 Å². The van der Waals surface area contributed by atoms with Crippen molar-refractivity contribution < 1.29 is 30.6 Å². The number of allylic oxidation sites excluding steroid dienone is 3. The van der Waals surface area contributed by atoms with Crippen LogP contribution in [0.25, 0.3) is 33.4 Å². The summed E-state index contributed by atoms with van der Waals surface area (Å²) in [5.74, 6) is 1.98. The zero-order valence-electron chi connectivity index (χ0n) is 60.6. The molecule has 3 heterocycles. The molecule has 532 valence electrons. The molecule has 4 fully saturated rings. The Kier molecular flexibility index (Phi) is 27.2. The third kappa shape index (κ3) is 20.1. The second kappa shape index (κ2) is 37.4. The molecule has 0 aromatic heterocycles. The Morgan fingerprint density at radius 1 is 0.324 bits per heavy atom. The van der Waals surface area contributed by atoms with E-state index in [-0.39, 0.29) is 37.1 Å². The minimum Gasteiger partial charge on any atom is -0.508 e. The van der Waals surface area contributed by atoms with Gasteiger partial charge in [-0.25, -0.2) is 0 Å². The van der Waals surface area contributed by atoms with Gasteiger partial charge in [-0.2, -0.15) is 0 Å². The first kappa shape index (κ1) is 74.4. The molecule has 102 heavy (non-hydrogen) atoms. The molecule has 1 saturated carbocycles. The molecule has 3 aliphatic heterocycles. The van der Waals surface area contributed by atoms with Gasteiger partial charge in [0.25, 0.3) is 0 Å². The Morgan fingerprint density at radius 2 is 0.676 bits per heavy atom. The van der Waals surface area contributed by atoms with E-state index >= 15 is 0 Å². The average molecular weight is 1370 g/mol. The monoisotopic (exact) mass is 1360 g/mol. The Hall–Kier alpha value is -8.84. The molecule has 4 aliphatic rings. The Labute approximate surface area is 607 Å². The number of aliphatic hydroxyl groups is 3. The smallest absolute Gasteiger partial charge is 0.116 e. The maximum absolute atomic E-state index is 10.3. The number of rotatable bonds is 24. The molecule has 9 aromatic carbocycles. The van der Waals surface area contributed by atoms with Gasteiger partial charge in [-0.3, -0.25) is 4.90 Å². The number of phenols is 3. The molecule has 1 aliphatic carbocycles. The van der Waals surface area contributed by atoms with E-state index in [0.717, 1.165) is 98.0 Å². The van der Waals surface area contributed by atoms with Crippen molar-refractivity contribution in [2.75, 3.05) is 77.1 Å². The van der Waals surface area contributed by atoms with Crippen molar-refractivity contribution in [3.05, 3.63) is 298 Å². The van der Waals surface area contributed by atoms with Crippen LogP contribution in [0.5, 0.6) is 17.2 Å². The predicted octanol–water partition coefficient (Wildman–Crippen LogP) is 18.8. The number of aliphatic hydroxyl groups excluding tert-OH is 3. The summed E-state index contributed by atoms with van der Waals surface area (Å²) in [5.41, 5.74) is 21.4. The van der Waals surface area contributed by atoms with Crippen LogP contribution < -0.4 is 4.90 Å². The van der Waals surface area contributed by atoms with Crippen molar-refractivity contribution in [1.29, 1.82) is 0 Å². The quantitative estimate of drug-likeness (QED) is 0.0325. The summed E-state index contributed by atoms with van der Waals surface area (Å²) in [5, 5.41) is 59.1. The number of piperidine rings is 2. The van der Waals surface area contributed by atoms with Crippen LogP contribution in [-0.2, 0) is 0 Å². The van der Waals surface area contributed by atoms with Crippen LogP contribution >= 0.6 is 0 Å². The maximum Gasteiger partial charge on any atom is 0.116 e. The van der Waals surface area contributed by atoms with Crippen LogP contribution in [0.3, 0.4) is 0 Å². The zero-order valence-corrected chi connectivity index (χ0v) is 60.6. The number of benzene rings is 9. The van der Waals surface area contributed by atoms with E-state index in [9.17, 15) is 30.6 Å². The summed E-state index contributed by atoms with van der Waals surface area (Å²) in [7, 11) is 0. The third-order valence-corrected chi connectivity index (χ3v) is 21.2. The van der Waals surface area contributed by atoms with Gasteiger partial charge in [-0.15, -0.1) is 0 Å². The molecule has 6 N–H and O–H groups in total. The van der Waals surface area contributed by atoms with E-state index in [1.165, 1.54) is 119 Å². The van der Waals surface area contributed by atoms with Crippen molar-refractivity contribution >= 4 is 39.1 Å². The summed E-state index contributed by atoms with van der Waals surface area (Å²) >= 11 is 0. The molecule has 10 nitrogen and oxygen atoms in total. The van der Waals surface area contributed by atoms with Crippen molar-refractivity contribution in [3.8, 4) is 17.2 Å². The topological polar surface area (TPSA) is 134 Å².